The van der Waals surface area contributed by atoms with E-state index in [9.17, 15) is 9.18 Å². The zero-order valence-electron chi connectivity index (χ0n) is 11.5. The highest BCUT2D eigenvalue weighted by Gasteiger charge is 2.37. The van der Waals surface area contributed by atoms with Crippen LogP contribution in [0.15, 0.2) is 48.8 Å². The molecule has 0 aliphatic carbocycles. The first kappa shape index (κ1) is 12.8. The van der Waals surface area contributed by atoms with Crippen LogP contribution >= 0.6 is 0 Å². The number of cyclic esters (lactones) is 1. The molecular weight excluding hydrogens is 285 g/mol. The van der Waals surface area contributed by atoms with E-state index in [0.29, 0.717) is 11.0 Å². The Hall–Kier alpha value is -2.89. The van der Waals surface area contributed by atoms with Crippen LogP contribution in [0.3, 0.4) is 0 Å². The number of fused-ring (bicyclic) bond motifs is 1. The molecular formula is C16H12FN3O2. The first-order valence-electron chi connectivity index (χ1n) is 6.87. The van der Waals surface area contributed by atoms with E-state index in [-0.39, 0.29) is 18.3 Å². The first-order valence-corrected chi connectivity index (χ1v) is 6.87. The number of imidazole rings is 1. The van der Waals surface area contributed by atoms with Gasteiger partial charge in [-0.25, -0.2) is 14.2 Å². The lowest BCUT2D eigenvalue weighted by atomic mass is 10.1. The molecule has 1 N–H and O–H groups in total. The lowest BCUT2D eigenvalue weighted by molar-refractivity contribution is 0.179. The molecule has 5 nitrogen and oxygen atoms in total. The number of benzene rings is 2. The molecule has 1 aliphatic heterocycles. The van der Waals surface area contributed by atoms with E-state index < -0.39 is 11.9 Å². The van der Waals surface area contributed by atoms with Crippen LogP contribution < -0.4 is 4.90 Å². The summed E-state index contributed by atoms with van der Waals surface area (Å²) in [6.07, 6.45) is 0.938. The Morgan fingerprint density at radius 2 is 2.09 bits per heavy atom. The predicted molar refractivity (Wildman–Crippen MR) is 79.1 cm³/mol. The molecule has 1 unspecified atom stereocenters. The maximum absolute atomic E-state index is 14.4. The number of nitrogens with zero attached hydrogens (tertiary/aromatic N) is 2. The summed E-state index contributed by atoms with van der Waals surface area (Å²) in [4.78, 5) is 20.4. The molecule has 2 aromatic carbocycles. The fraction of sp³-hybridized carbons (Fsp3) is 0.125. The van der Waals surface area contributed by atoms with Crippen LogP contribution in [0.5, 0.6) is 0 Å². The summed E-state index contributed by atoms with van der Waals surface area (Å²) >= 11 is 0. The monoisotopic (exact) mass is 297 g/mol. The van der Waals surface area contributed by atoms with Crippen molar-refractivity contribution in [3.8, 4) is 0 Å². The van der Waals surface area contributed by atoms with Gasteiger partial charge in [-0.3, -0.25) is 4.90 Å². The fourth-order valence-corrected chi connectivity index (χ4v) is 2.74. The Kier molecular flexibility index (Phi) is 2.82. The molecule has 1 aliphatic rings. The quantitative estimate of drug-likeness (QED) is 0.788. The van der Waals surface area contributed by atoms with Crippen LogP contribution in [0.25, 0.3) is 11.0 Å². The molecule has 1 fully saturated rings. The Morgan fingerprint density at radius 3 is 2.91 bits per heavy atom. The maximum atomic E-state index is 14.4. The van der Waals surface area contributed by atoms with Gasteiger partial charge in [0.15, 0.2) is 0 Å². The van der Waals surface area contributed by atoms with Crippen molar-refractivity contribution in [2.24, 2.45) is 0 Å². The number of hydrogen-bond donors (Lipinski definition) is 1. The Bertz CT molecular complexity index is 847. The number of carbonyl (C=O) groups excluding carboxylic acids is 1. The molecule has 1 atom stereocenters. The van der Waals surface area contributed by atoms with Crippen LogP contribution in [-0.4, -0.2) is 22.7 Å². The van der Waals surface area contributed by atoms with E-state index >= 15 is 0 Å². The summed E-state index contributed by atoms with van der Waals surface area (Å²) in [5.41, 5.74) is 2.26. The first-order chi connectivity index (χ1) is 10.7. The number of aromatic nitrogens is 2. The van der Waals surface area contributed by atoms with Crippen LogP contribution in [0.1, 0.15) is 11.6 Å². The highest BCUT2D eigenvalue weighted by atomic mass is 19.1. The van der Waals surface area contributed by atoms with Gasteiger partial charge in [0.05, 0.1) is 29.1 Å². The molecule has 4 rings (SSSR count). The zero-order chi connectivity index (χ0) is 15.1. The van der Waals surface area contributed by atoms with E-state index in [0.717, 1.165) is 5.56 Å². The average Bonchev–Trinajstić information content (AvgIpc) is 3.13. The summed E-state index contributed by atoms with van der Waals surface area (Å²) < 4.78 is 19.5. The smallest absolute Gasteiger partial charge is 0.415 e. The van der Waals surface area contributed by atoms with Crippen molar-refractivity contribution in [2.45, 2.75) is 6.04 Å². The molecule has 0 bridgehead atoms. The van der Waals surface area contributed by atoms with Gasteiger partial charge in [0.1, 0.15) is 12.4 Å². The lowest BCUT2D eigenvalue weighted by Crippen LogP contribution is -2.28. The molecule has 3 aromatic rings. The van der Waals surface area contributed by atoms with Crippen molar-refractivity contribution in [3.63, 3.8) is 0 Å². The molecule has 1 saturated heterocycles. The van der Waals surface area contributed by atoms with E-state index in [2.05, 4.69) is 9.97 Å². The molecule has 0 spiro atoms. The molecule has 2 heterocycles. The second-order valence-corrected chi connectivity index (χ2v) is 5.10. The zero-order valence-corrected chi connectivity index (χ0v) is 11.5. The van der Waals surface area contributed by atoms with Crippen molar-refractivity contribution in [1.82, 2.24) is 9.97 Å². The highest BCUT2D eigenvalue weighted by molar-refractivity contribution is 5.93. The van der Waals surface area contributed by atoms with E-state index in [4.69, 9.17) is 4.74 Å². The van der Waals surface area contributed by atoms with Crippen molar-refractivity contribution in [1.29, 1.82) is 0 Å². The number of H-pyrrole nitrogens is 1. The van der Waals surface area contributed by atoms with Crippen molar-refractivity contribution >= 4 is 22.8 Å². The van der Waals surface area contributed by atoms with Gasteiger partial charge in [0.25, 0.3) is 0 Å². The second-order valence-electron chi connectivity index (χ2n) is 5.10. The number of amides is 1. The topological polar surface area (TPSA) is 58.2 Å². The number of ether oxygens (including phenoxy) is 1. The molecule has 22 heavy (non-hydrogen) atoms. The average molecular weight is 297 g/mol. The highest BCUT2D eigenvalue weighted by Crippen LogP contribution is 2.35. The molecule has 1 amide bonds. The summed E-state index contributed by atoms with van der Waals surface area (Å²) in [5.74, 6) is -0.489. The van der Waals surface area contributed by atoms with E-state index in [1.165, 1.54) is 17.3 Å². The Balaban J connectivity index is 1.83. The third kappa shape index (κ3) is 1.92. The van der Waals surface area contributed by atoms with Crippen molar-refractivity contribution < 1.29 is 13.9 Å². The van der Waals surface area contributed by atoms with Gasteiger partial charge in [-0.15, -0.1) is 0 Å². The normalized spacial score (nSPS) is 18.0. The van der Waals surface area contributed by atoms with Crippen LogP contribution in [0.2, 0.25) is 0 Å². The summed E-state index contributed by atoms with van der Waals surface area (Å²) in [6, 6.07) is 12.0. The molecule has 1 aromatic heterocycles. The third-order valence-corrected chi connectivity index (χ3v) is 3.81. The summed E-state index contributed by atoms with van der Waals surface area (Å²) in [5, 5.41) is 0. The number of hydrogen-bond acceptors (Lipinski definition) is 3. The largest absolute Gasteiger partial charge is 0.447 e. The van der Waals surface area contributed by atoms with Gasteiger partial charge in [0.2, 0.25) is 0 Å². The fourth-order valence-electron chi connectivity index (χ4n) is 2.74. The van der Waals surface area contributed by atoms with Crippen molar-refractivity contribution in [3.05, 3.63) is 60.2 Å². The van der Waals surface area contributed by atoms with Gasteiger partial charge in [0, 0.05) is 6.07 Å². The number of aromatic amines is 1. The lowest BCUT2D eigenvalue weighted by Gasteiger charge is -2.22. The Labute approximate surface area is 125 Å². The minimum absolute atomic E-state index is 0.177. The number of anilines is 1. The molecule has 0 saturated carbocycles. The van der Waals surface area contributed by atoms with E-state index in [1.54, 1.807) is 6.07 Å². The predicted octanol–water partition coefficient (Wildman–Crippen LogP) is 3.40. The van der Waals surface area contributed by atoms with Gasteiger partial charge >= 0.3 is 6.09 Å². The minimum atomic E-state index is -0.553. The summed E-state index contributed by atoms with van der Waals surface area (Å²) in [7, 11) is 0. The van der Waals surface area contributed by atoms with Crippen molar-refractivity contribution in [2.75, 3.05) is 11.5 Å². The van der Waals surface area contributed by atoms with Gasteiger partial charge in [-0.05, 0) is 11.6 Å². The third-order valence-electron chi connectivity index (χ3n) is 3.81. The summed E-state index contributed by atoms with van der Waals surface area (Å²) in [6.45, 7) is 0.195. The maximum Gasteiger partial charge on any atom is 0.415 e. The van der Waals surface area contributed by atoms with Crippen LogP contribution in [0, 0.1) is 5.82 Å². The van der Waals surface area contributed by atoms with Gasteiger partial charge < -0.3 is 9.72 Å². The van der Waals surface area contributed by atoms with Gasteiger partial charge in [-0.1, -0.05) is 30.3 Å². The SMILES string of the molecule is O=C1OCC(c2ccccc2)N1c1cc2nc[nH]c2cc1F. The van der Waals surface area contributed by atoms with E-state index in [1.807, 2.05) is 30.3 Å². The number of nitrogens with one attached hydrogen (secondary N) is 1. The second kappa shape index (κ2) is 4.84. The number of halogens is 1. The molecule has 6 heteroatoms. The van der Waals surface area contributed by atoms with Crippen LogP contribution in [-0.2, 0) is 4.74 Å². The van der Waals surface area contributed by atoms with Gasteiger partial charge in [-0.2, -0.15) is 0 Å². The number of rotatable bonds is 2. The molecule has 110 valence electrons. The van der Waals surface area contributed by atoms with Crippen LogP contribution in [0.4, 0.5) is 14.9 Å². The number of carbonyl (C=O) groups is 1. The standard InChI is InChI=1S/C16H12FN3O2/c17-11-6-12-13(19-9-18-12)7-14(11)20-15(8-22-16(20)21)10-4-2-1-3-5-10/h1-7,9,15H,8H2,(H,18,19). The minimum Gasteiger partial charge on any atom is -0.447 e. The molecule has 0 radical (unpaired) electrons. The Morgan fingerprint density at radius 1 is 1.27 bits per heavy atom.